The van der Waals surface area contributed by atoms with Gasteiger partial charge in [0.2, 0.25) is 0 Å². The third-order valence-electron chi connectivity index (χ3n) is 4.54. The fraction of sp³-hybridized carbons (Fsp3) is 0.167. The van der Waals surface area contributed by atoms with Crippen LogP contribution in [0.15, 0.2) is 66.7 Å². The number of hydrogen-bond acceptors (Lipinski definition) is 2. The Morgan fingerprint density at radius 3 is 1.53 bits per heavy atom. The molecule has 0 unspecified atom stereocenters. The predicted molar refractivity (Wildman–Crippen MR) is 124 cm³/mol. The third kappa shape index (κ3) is 5.62. The molecule has 0 atom stereocenters. The summed E-state index contributed by atoms with van der Waals surface area (Å²) in [5.41, 5.74) is 3.36. The zero-order valence-electron chi connectivity index (χ0n) is 16.9. The van der Waals surface area contributed by atoms with Gasteiger partial charge in [0.15, 0.2) is 0 Å². The van der Waals surface area contributed by atoms with E-state index in [1.807, 2.05) is 24.3 Å². The van der Waals surface area contributed by atoms with Crippen LogP contribution in [0.2, 0.25) is 10.0 Å². The second-order valence-corrected chi connectivity index (χ2v) is 8.84. The standard InChI is InChI=1S/C24H22Cl2N2O2/c1-24(2,3)17-6-4-15(5-7-17)22(29)27-20-8-10-21(11-9-20)28-23(30)16-12-18(25)14-19(26)13-16/h4-14H,1-3H3,(H,27,29)(H,28,30). The maximum absolute atomic E-state index is 12.5. The molecule has 0 aliphatic rings. The minimum absolute atomic E-state index is 0.0334. The highest BCUT2D eigenvalue weighted by atomic mass is 35.5. The molecule has 0 aliphatic carbocycles. The Morgan fingerprint density at radius 2 is 1.10 bits per heavy atom. The summed E-state index contributed by atoms with van der Waals surface area (Å²) >= 11 is 11.9. The normalized spacial score (nSPS) is 11.1. The molecular weight excluding hydrogens is 419 g/mol. The van der Waals surface area contributed by atoms with E-state index in [-0.39, 0.29) is 17.2 Å². The van der Waals surface area contributed by atoms with Gasteiger partial charge in [-0.1, -0.05) is 56.1 Å². The third-order valence-corrected chi connectivity index (χ3v) is 4.97. The van der Waals surface area contributed by atoms with Crippen LogP contribution in [0.4, 0.5) is 11.4 Å². The van der Waals surface area contributed by atoms with Crippen LogP contribution >= 0.6 is 23.2 Å². The highest BCUT2D eigenvalue weighted by Gasteiger charge is 2.14. The number of amides is 2. The number of anilines is 2. The maximum atomic E-state index is 12.5. The van der Waals surface area contributed by atoms with E-state index in [4.69, 9.17) is 23.2 Å². The van der Waals surface area contributed by atoms with E-state index in [9.17, 15) is 9.59 Å². The summed E-state index contributed by atoms with van der Waals surface area (Å²) in [5, 5.41) is 6.41. The molecule has 3 aromatic carbocycles. The molecule has 0 saturated heterocycles. The lowest BCUT2D eigenvalue weighted by Gasteiger charge is -2.19. The highest BCUT2D eigenvalue weighted by Crippen LogP contribution is 2.23. The first kappa shape index (κ1) is 21.9. The summed E-state index contributed by atoms with van der Waals surface area (Å²) in [5.74, 6) is -0.518. The molecule has 2 amide bonds. The molecule has 0 fully saturated rings. The van der Waals surface area contributed by atoms with Gasteiger partial charge in [0.1, 0.15) is 0 Å². The lowest BCUT2D eigenvalue weighted by Crippen LogP contribution is -2.14. The van der Waals surface area contributed by atoms with Gasteiger partial charge in [0.05, 0.1) is 0 Å². The number of halogens is 2. The number of rotatable bonds is 4. The van der Waals surface area contributed by atoms with E-state index in [0.29, 0.717) is 32.5 Å². The highest BCUT2D eigenvalue weighted by molar-refractivity contribution is 6.35. The first-order valence-corrected chi connectivity index (χ1v) is 10.2. The average Bonchev–Trinajstić information content (AvgIpc) is 2.68. The van der Waals surface area contributed by atoms with Gasteiger partial charge in [-0.05, 0) is 65.6 Å². The van der Waals surface area contributed by atoms with Crippen LogP contribution < -0.4 is 10.6 Å². The second-order valence-electron chi connectivity index (χ2n) is 7.97. The lowest BCUT2D eigenvalue weighted by atomic mass is 9.87. The first-order chi connectivity index (χ1) is 14.1. The molecule has 0 radical (unpaired) electrons. The van der Waals surface area contributed by atoms with E-state index in [1.165, 1.54) is 5.56 Å². The van der Waals surface area contributed by atoms with Crippen LogP contribution in [0.5, 0.6) is 0 Å². The van der Waals surface area contributed by atoms with E-state index >= 15 is 0 Å². The number of nitrogens with one attached hydrogen (secondary N) is 2. The Bertz CT molecular complexity index is 1050. The second kappa shape index (κ2) is 8.90. The smallest absolute Gasteiger partial charge is 0.255 e. The molecule has 0 heterocycles. The van der Waals surface area contributed by atoms with Gasteiger partial charge >= 0.3 is 0 Å². The zero-order chi connectivity index (χ0) is 21.9. The first-order valence-electron chi connectivity index (χ1n) is 9.41. The van der Waals surface area contributed by atoms with Crippen molar-refractivity contribution >= 4 is 46.4 Å². The van der Waals surface area contributed by atoms with Gasteiger partial charge in [0.25, 0.3) is 11.8 Å². The van der Waals surface area contributed by atoms with Crippen molar-refractivity contribution < 1.29 is 9.59 Å². The monoisotopic (exact) mass is 440 g/mol. The van der Waals surface area contributed by atoms with Gasteiger partial charge in [-0.2, -0.15) is 0 Å². The molecule has 0 saturated carbocycles. The molecule has 4 nitrogen and oxygen atoms in total. The molecule has 6 heteroatoms. The Morgan fingerprint density at radius 1 is 0.667 bits per heavy atom. The van der Waals surface area contributed by atoms with Crippen molar-refractivity contribution in [3.8, 4) is 0 Å². The summed E-state index contributed by atoms with van der Waals surface area (Å²) in [6.45, 7) is 6.39. The van der Waals surface area contributed by atoms with Crippen LogP contribution in [0.1, 0.15) is 47.1 Å². The fourth-order valence-corrected chi connectivity index (χ4v) is 3.38. The Balaban J connectivity index is 1.64. The van der Waals surface area contributed by atoms with Crippen molar-refractivity contribution in [1.82, 2.24) is 0 Å². The summed E-state index contributed by atoms with van der Waals surface area (Å²) < 4.78 is 0. The van der Waals surface area contributed by atoms with Crippen LogP contribution in [0, 0.1) is 0 Å². The summed E-state index contributed by atoms with van der Waals surface area (Å²) in [6.07, 6.45) is 0. The Hall–Kier alpha value is -2.82. The molecule has 0 bridgehead atoms. The summed E-state index contributed by atoms with van der Waals surface area (Å²) in [6, 6.07) is 19.1. The molecule has 0 aromatic heterocycles. The predicted octanol–water partition coefficient (Wildman–Crippen LogP) is 6.80. The number of benzene rings is 3. The largest absolute Gasteiger partial charge is 0.322 e. The molecule has 2 N–H and O–H groups in total. The van der Waals surface area contributed by atoms with Crippen LogP contribution in [-0.4, -0.2) is 11.8 Å². The van der Waals surface area contributed by atoms with Gasteiger partial charge in [-0.3, -0.25) is 9.59 Å². The SMILES string of the molecule is CC(C)(C)c1ccc(C(=O)Nc2ccc(NC(=O)c3cc(Cl)cc(Cl)c3)cc2)cc1. The maximum Gasteiger partial charge on any atom is 0.255 e. The quantitative estimate of drug-likeness (QED) is 0.468. The van der Waals surface area contributed by atoms with Crippen LogP contribution in [0.3, 0.4) is 0 Å². The van der Waals surface area contributed by atoms with E-state index in [1.54, 1.807) is 42.5 Å². The molecule has 30 heavy (non-hydrogen) atoms. The minimum atomic E-state index is -0.324. The van der Waals surface area contributed by atoms with Crippen molar-refractivity contribution in [2.75, 3.05) is 10.6 Å². The number of carbonyl (C=O) groups is 2. The number of hydrogen-bond donors (Lipinski definition) is 2. The molecule has 3 rings (SSSR count). The van der Waals surface area contributed by atoms with Crippen LogP contribution in [0.25, 0.3) is 0 Å². The summed E-state index contributed by atoms with van der Waals surface area (Å²) in [4.78, 5) is 24.8. The van der Waals surface area contributed by atoms with Crippen molar-refractivity contribution in [2.45, 2.75) is 26.2 Å². The van der Waals surface area contributed by atoms with Crippen molar-refractivity contribution in [3.05, 3.63) is 93.5 Å². The van der Waals surface area contributed by atoms with E-state index < -0.39 is 0 Å². The average molecular weight is 441 g/mol. The number of carbonyl (C=O) groups excluding carboxylic acids is 2. The van der Waals surface area contributed by atoms with Gasteiger partial charge in [-0.25, -0.2) is 0 Å². The van der Waals surface area contributed by atoms with E-state index in [0.717, 1.165) is 0 Å². The lowest BCUT2D eigenvalue weighted by molar-refractivity contribution is 0.101. The minimum Gasteiger partial charge on any atom is -0.322 e. The molecular formula is C24H22Cl2N2O2. The molecule has 3 aromatic rings. The van der Waals surface area contributed by atoms with Crippen molar-refractivity contribution in [2.24, 2.45) is 0 Å². The summed E-state index contributed by atoms with van der Waals surface area (Å²) in [7, 11) is 0. The van der Waals surface area contributed by atoms with Gasteiger partial charge in [-0.15, -0.1) is 0 Å². The zero-order valence-corrected chi connectivity index (χ0v) is 18.4. The molecule has 0 spiro atoms. The van der Waals surface area contributed by atoms with Crippen LogP contribution in [-0.2, 0) is 5.41 Å². The van der Waals surface area contributed by atoms with Crippen molar-refractivity contribution in [3.63, 3.8) is 0 Å². The van der Waals surface area contributed by atoms with E-state index in [2.05, 4.69) is 31.4 Å². The molecule has 154 valence electrons. The topological polar surface area (TPSA) is 58.2 Å². The van der Waals surface area contributed by atoms with Gasteiger partial charge < -0.3 is 10.6 Å². The Labute approximate surface area is 186 Å². The molecule has 0 aliphatic heterocycles. The fourth-order valence-electron chi connectivity index (χ4n) is 2.85. The van der Waals surface area contributed by atoms with Gasteiger partial charge in [0, 0.05) is 32.5 Å². The van der Waals surface area contributed by atoms with Crippen molar-refractivity contribution in [1.29, 1.82) is 0 Å². The Kier molecular flexibility index (Phi) is 6.49.